The van der Waals surface area contributed by atoms with Gasteiger partial charge in [0.15, 0.2) is 0 Å². The predicted molar refractivity (Wildman–Crippen MR) is 129 cm³/mol. The number of carbonyl (C=O) groups is 2. The van der Waals surface area contributed by atoms with Crippen LogP contribution in [0.5, 0.6) is 5.75 Å². The van der Waals surface area contributed by atoms with E-state index in [4.69, 9.17) is 4.74 Å². The largest absolute Gasteiger partial charge is 0.507 e. The number of rotatable bonds is 5. The number of ketones is 1. The average molecular weight is 460 g/mol. The molecule has 5 nitrogen and oxygen atoms in total. The maximum absolute atomic E-state index is 13.6. The molecule has 3 aromatic carbocycles. The lowest BCUT2D eigenvalue weighted by Crippen LogP contribution is -2.29. The number of aliphatic hydroxyl groups is 1. The van der Waals surface area contributed by atoms with Gasteiger partial charge in [-0.25, -0.2) is 4.39 Å². The Morgan fingerprint density at radius 1 is 1.03 bits per heavy atom. The molecule has 6 heteroatoms. The normalized spacial score (nSPS) is 17.5. The number of halogens is 1. The first-order chi connectivity index (χ1) is 16.2. The summed E-state index contributed by atoms with van der Waals surface area (Å²) in [4.78, 5) is 27.8. The summed E-state index contributed by atoms with van der Waals surface area (Å²) in [6.45, 7) is 5.88. The number of anilines is 1. The highest BCUT2D eigenvalue weighted by Crippen LogP contribution is 2.43. The molecule has 174 valence electrons. The van der Waals surface area contributed by atoms with Gasteiger partial charge in [0.2, 0.25) is 0 Å². The summed E-state index contributed by atoms with van der Waals surface area (Å²) in [6.07, 6.45) is 0. The molecule has 1 N–H and O–H groups in total. The molecule has 0 aliphatic carbocycles. The van der Waals surface area contributed by atoms with Crippen molar-refractivity contribution in [2.75, 3.05) is 12.0 Å². The van der Waals surface area contributed by atoms with Crippen LogP contribution in [0, 0.1) is 12.7 Å². The van der Waals surface area contributed by atoms with E-state index < -0.39 is 23.5 Å². The van der Waals surface area contributed by atoms with Gasteiger partial charge in [-0.2, -0.15) is 0 Å². The number of ether oxygens (including phenoxy) is 1. The lowest BCUT2D eigenvalue weighted by atomic mass is 9.91. The van der Waals surface area contributed by atoms with Crippen molar-refractivity contribution in [1.29, 1.82) is 0 Å². The van der Waals surface area contributed by atoms with Gasteiger partial charge < -0.3 is 9.84 Å². The molecule has 0 spiro atoms. The number of nitrogens with zero attached hydrogens (tertiary/aromatic N) is 1. The van der Waals surface area contributed by atoms with Crippen molar-refractivity contribution in [1.82, 2.24) is 0 Å². The molecular formula is C28H26FNO4. The monoisotopic (exact) mass is 459 g/mol. The van der Waals surface area contributed by atoms with Gasteiger partial charge >= 0.3 is 0 Å². The fourth-order valence-corrected chi connectivity index (χ4v) is 4.38. The van der Waals surface area contributed by atoms with E-state index >= 15 is 0 Å². The Kier molecular flexibility index (Phi) is 6.24. The van der Waals surface area contributed by atoms with Crippen LogP contribution in [-0.2, 0) is 9.59 Å². The summed E-state index contributed by atoms with van der Waals surface area (Å²) in [5.41, 5.74) is 3.19. The van der Waals surface area contributed by atoms with Crippen molar-refractivity contribution in [3.8, 4) is 5.75 Å². The molecule has 4 rings (SSSR count). The highest BCUT2D eigenvalue weighted by Gasteiger charge is 2.47. The number of hydrogen-bond donors (Lipinski definition) is 1. The molecule has 34 heavy (non-hydrogen) atoms. The molecule has 0 bridgehead atoms. The maximum Gasteiger partial charge on any atom is 0.300 e. The highest BCUT2D eigenvalue weighted by atomic mass is 19.1. The zero-order chi connectivity index (χ0) is 24.6. The van der Waals surface area contributed by atoms with Crippen LogP contribution in [0.2, 0.25) is 0 Å². The Balaban J connectivity index is 1.96. The minimum absolute atomic E-state index is 0.0107. The Labute approximate surface area is 198 Å². The smallest absolute Gasteiger partial charge is 0.300 e. The summed E-state index contributed by atoms with van der Waals surface area (Å²) in [6, 6.07) is 17.1. The molecule has 1 atom stereocenters. The fourth-order valence-electron chi connectivity index (χ4n) is 4.38. The third-order valence-electron chi connectivity index (χ3n) is 6.16. The quantitative estimate of drug-likeness (QED) is 0.293. The Morgan fingerprint density at radius 3 is 2.32 bits per heavy atom. The maximum atomic E-state index is 13.6. The van der Waals surface area contributed by atoms with Crippen LogP contribution in [-0.4, -0.2) is 23.9 Å². The second kappa shape index (κ2) is 9.14. The van der Waals surface area contributed by atoms with Crippen molar-refractivity contribution >= 4 is 23.1 Å². The van der Waals surface area contributed by atoms with E-state index in [1.165, 1.54) is 29.2 Å². The van der Waals surface area contributed by atoms with Gasteiger partial charge in [-0.1, -0.05) is 38.1 Å². The van der Waals surface area contributed by atoms with Gasteiger partial charge in [-0.15, -0.1) is 0 Å². The van der Waals surface area contributed by atoms with Gasteiger partial charge in [0.25, 0.3) is 11.7 Å². The van der Waals surface area contributed by atoms with Crippen molar-refractivity contribution in [2.45, 2.75) is 32.7 Å². The van der Waals surface area contributed by atoms with E-state index in [2.05, 4.69) is 0 Å². The predicted octanol–water partition coefficient (Wildman–Crippen LogP) is 5.89. The molecule has 1 aliphatic heterocycles. The van der Waals surface area contributed by atoms with Gasteiger partial charge in [0.05, 0.1) is 18.7 Å². The molecule has 1 saturated heterocycles. The number of aliphatic hydroxyl groups excluding tert-OH is 1. The number of Topliss-reactive ketones (excluding diaryl/α,β-unsaturated/α-hetero) is 1. The first-order valence-corrected chi connectivity index (χ1v) is 11.0. The lowest BCUT2D eigenvalue weighted by molar-refractivity contribution is -0.132. The summed E-state index contributed by atoms with van der Waals surface area (Å²) >= 11 is 0. The molecule has 1 unspecified atom stereocenters. The van der Waals surface area contributed by atoms with Crippen LogP contribution in [0.15, 0.2) is 72.3 Å². The minimum atomic E-state index is -0.865. The summed E-state index contributed by atoms with van der Waals surface area (Å²) in [5.74, 6) is -1.51. The van der Waals surface area contributed by atoms with E-state index in [0.717, 1.165) is 11.1 Å². The van der Waals surface area contributed by atoms with Crippen LogP contribution < -0.4 is 9.64 Å². The van der Waals surface area contributed by atoms with Crippen LogP contribution in [0.3, 0.4) is 0 Å². The van der Waals surface area contributed by atoms with Gasteiger partial charge in [0, 0.05) is 11.3 Å². The first kappa shape index (κ1) is 23.2. The molecule has 0 radical (unpaired) electrons. The lowest BCUT2D eigenvalue weighted by Gasteiger charge is -2.26. The molecule has 0 saturated carbocycles. The Morgan fingerprint density at radius 2 is 1.71 bits per heavy atom. The van der Waals surface area contributed by atoms with Crippen LogP contribution in [0.4, 0.5) is 10.1 Å². The highest BCUT2D eigenvalue weighted by molar-refractivity contribution is 6.51. The van der Waals surface area contributed by atoms with Crippen LogP contribution in [0.1, 0.15) is 48.1 Å². The van der Waals surface area contributed by atoms with E-state index in [1.54, 1.807) is 25.3 Å². The SMILES string of the molecule is COc1ccc(/C(O)=C2\C(=O)C(=O)N(c3ccc(F)cc3)C2c2ccccc2C)cc1C(C)C. The summed E-state index contributed by atoms with van der Waals surface area (Å²) in [7, 11) is 1.58. The second-order valence-corrected chi connectivity index (χ2v) is 8.61. The Hall–Kier alpha value is -3.93. The summed E-state index contributed by atoms with van der Waals surface area (Å²) in [5, 5.41) is 11.4. The third-order valence-corrected chi connectivity index (χ3v) is 6.16. The molecule has 1 aliphatic rings. The van der Waals surface area contributed by atoms with E-state index in [9.17, 15) is 19.1 Å². The Bertz CT molecular complexity index is 1290. The van der Waals surface area contributed by atoms with Crippen LogP contribution in [0.25, 0.3) is 5.76 Å². The molecule has 1 fully saturated rings. The second-order valence-electron chi connectivity index (χ2n) is 8.61. The number of benzene rings is 3. The average Bonchev–Trinajstić information content (AvgIpc) is 3.09. The number of methoxy groups -OCH3 is 1. The number of carbonyl (C=O) groups excluding carboxylic acids is 2. The van der Waals surface area contributed by atoms with Crippen molar-refractivity contribution in [2.24, 2.45) is 0 Å². The number of aryl methyl sites for hydroxylation is 1. The van der Waals surface area contributed by atoms with Gasteiger partial charge in [0.1, 0.15) is 17.3 Å². The van der Waals surface area contributed by atoms with Gasteiger partial charge in [-0.05, 0) is 72.0 Å². The van der Waals surface area contributed by atoms with Crippen molar-refractivity contribution in [3.05, 3.63) is 100 Å². The first-order valence-electron chi connectivity index (χ1n) is 11.0. The molecule has 3 aromatic rings. The van der Waals surface area contributed by atoms with Gasteiger partial charge in [-0.3, -0.25) is 14.5 Å². The zero-order valence-corrected chi connectivity index (χ0v) is 19.5. The third kappa shape index (κ3) is 3.96. The van der Waals surface area contributed by atoms with E-state index in [-0.39, 0.29) is 17.3 Å². The fraction of sp³-hybridized carbons (Fsp3) is 0.214. The number of amides is 1. The topological polar surface area (TPSA) is 66.8 Å². The van der Waals surface area contributed by atoms with Crippen LogP contribution >= 0.6 is 0 Å². The molecular weight excluding hydrogens is 433 g/mol. The molecule has 1 heterocycles. The van der Waals surface area contributed by atoms with E-state index in [1.807, 2.05) is 45.0 Å². The minimum Gasteiger partial charge on any atom is -0.507 e. The molecule has 1 amide bonds. The standard InChI is InChI=1S/C28H26FNO4/c1-16(2)22-15-18(9-14-23(22)34-4)26(31)24-25(21-8-6-5-7-17(21)3)30(28(33)27(24)32)20-12-10-19(29)11-13-20/h5-16,25,31H,1-4H3/b26-24+. The zero-order valence-electron chi connectivity index (χ0n) is 19.5. The van der Waals surface area contributed by atoms with E-state index in [0.29, 0.717) is 22.6 Å². The summed E-state index contributed by atoms with van der Waals surface area (Å²) < 4.78 is 19.0. The van der Waals surface area contributed by atoms with Crippen molar-refractivity contribution < 1.29 is 23.8 Å². The number of hydrogen-bond acceptors (Lipinski definition) is 4. The van der Waals surface area contributed by atoms with Crippen molar-refractivity contribution in [3.63, 3.8) is 0 Å². The molecule has 0 aromatic heterocycles.